The Bertz CT molecular complexity index is 345. The van der Waals surface area contributed by atoms with Crippen molar-refractivity contribution in [3.63, 3.8) is 0 Å². The first-order chi connectivity index (χ1) is 9.19. The van der Waals surface area contributed by atoms with Gasteiger partial charge in [-0.25, -0.2) is 0 Å². The average molecular weight is 346 g/mol. The second kappa shape index (κ2) is 9.64. The highest BCUT2D eigenvalue weighted by molar-refractivity contribution is 9.09. The first kappa shape index (κ1) is 16.8. The van der Waals surface area contributed by atoms with E-state index in [9.17, 15) is 0 Å². The van der Waals surface area contributed by atoms with E-state index in [1.807, 2.05) is 6.08 Å². The predicted octanol–water partition coefficient (Wildman–Crippen LogP) is 4.84. The van der Waals surface area contributed by atoms with Crippen molar-refractivity contribution < 1.29 is 4.74 Å². The van der Waals surface area contributed by atoms with Gasteiger partial charge in [-0.3, -0.25) is 0 Å². The Kier molecular flexibility index (Phi) is 8.53. The molecule has 1 heterocycles. The Hall–Kier alpha value is -0.230. The van der Waals surface area contributed by atoms with Crippen molar-refractivity contribution in [1.82, 2.24) is 0 Å². The summed E-state index contributed by atoms with van der Waals surface area (Å²) < 4.78 is 6.24. The summed E-state index contributed by atoms with van der Waals surface area (Å²) >= 11 is 10.2. The van der Waals surface area contributed by atoms with E-state index in [4.69, 9.17) is 22.8 Å². The molecule has 0 aromatic rings. The van der Waals surface area contributed by atoms with E-state index < -0.39 is 0 Å². The number of hydrogen-bond donors (Lipinski definition) is 0. The van der Waals surface area contributed by atoms with Gasteiger partial charge in [0.25, 0.3) is 0 Å². The molecule has 0 unspecified atom stereocenters. The largest absolute Gasteiger partial charge is 0.372 e. The molecule has 0 fully saturated rings. The summed E-state index contributed by atoms with van der Waals surface area (Å²) in [6.07, 6.45) is 18.3. The molecular formula is C16H22BrClO. The summed E-state index contributed by atoms with van der Waals surface area (Å²) in [4.78, 5) is 0.377. The lowest BCUT2D eigenvalue weighted by Gasteiger charge is -2.29. The number of hydrogen-bond acceptors (Lipinski definition) is 1. The second-order valence-electron chi connectivity index (χ2n) is 4.74. The third-order valence-electron chi connectivity index (χ3n) is 3.27. The van der Waals surface area contributed by atoms with Gasteiger partial charge >= 0.3 is 0 Å². The van der Waals surface area contributed by atoms with Crippen LogP contribution in [0.1, 0.15) is 39.0 Å². The van der Waals surface area contributed by atoms with Crippen LogP contribution in [0, 0.1) is 12.3 Å². The van der Waals surface area contributed by atoms with E-state index in [0.29, 0.717) is 4.83 Å². The maximum atomic E-state index is 6.45. The minimum atomic E-state index is -0.00386. The fourth-order valence-electron chi connectivity index (χ4n) is 2.14. The summed E-state index contributed by atoms with van der Waals surface area (Å²) in [6, 6.07) is 0. The van der Waals surface area contributed by atoms with Gasteiger partial charge in [-0.1, -0.05) is 47.0 Å². The molecule has 4 atom stereocenters. The fourth-order valence-corrected chi connectivity index (χ4v) is 2.79. The Morgan fingerprint density at radius 1 is 1.58 bits per heavy atom. The highest BCUT2D eigenvalue weighted by atomic mass is 79.9. The monoisotopic (exact) mass is 344 g/mol. The number of alkyl halides is 2. The minimum absolute atomic E-state index is 0.00386. The molecule has 0 radical (unpaired) electrons. The molecule has 1 aliphatic heterocycles. The molecule has 0 aliphatic carbocycles. The molecule has 0 amide bonds. The van der Waals surface area contributed by atoms with Gasteiger partial charge in [-0.05, 0) is 38.2 Å². The van der Waals surface area contributed by atoms with Gasteiger partial charge in [0.05, 0.1) is 17.6 Å². The zero-order chi connectivity index (χ0) is 14.1. The molecule has 1 nitrogen and oxygen atoms in total. The summed E-state index contributed by atoms with van der Waals surface area (Å²) in [6.45, 7) is 2.16. The van der Waals surface area contributed by atoms with Crippen LogP contribution in [0.5, 0.6) is 0 Å². The molecule has 0 saturated heterocycles. The molecule has 0 saturated carbocycles. The highest BCUT2D eigenvalue weighted by Crippen LogP contribution is 2.26. The van der Waals surface area contributed by atoms with Crippen LogP contribution in [0.4, 0.5) is 0 Å². The standard InChI is InChI=1S/C16H22BrClO/c1-3-5-7-12-16-14(18)10-8-6-9-11-15(19-16)13(17)4-2/h1,5-8,13-16H,4,9-12H2,2H3/b7-5-,8-6-/t13-,14-,15+,16-/m0/s1. The molecule has 106 valence electrons. The highest BCUT2D eigenvalue weighted by Gasteiger charge is 2.26. The molecule has 3 heteroatoms. The topological polar surface area (TPSA) is 9.23 Å². The lowest BCUT2D eigenvalue weighted by molar-refractivity contribution is -0.0149. The van der Waals surface area contributed by atoms with E-state index in [2.05, 4.69) is 40.9 Å². The van der Waals surface area contributed by atoms with Crippen molar-refractivity contribution in [2.24, 2.45) is 0 Å². The maximum Gasteiger partial charge on any atom is 0.0780 e. The average Bonchev–Trinajstić information content (AvgIpc) is 2.50. The molecule has 0 N–H and O–H groups in total. The lowest BCUT2D eigenvalue weighted by Crippen LogP contribution is -2.33. The molecule has 1 aliphatic rings. The van der Waals surface area contributed by atoms with Crippen LogP contribution >= 0.6 is 27.5 Å². The van der Waals surface area contributed by atoms with Crippen molar-refractivity contribution in [2.75, 3.05) is 0 Å². The smallest absolute Gasteiger partial charge is 0.0780 e. The van der Waals surface area contributed by atoms with E-state index >= 15 is 0 Å². The summed E-state index contributed by atoms with van der Waals surface area (Å²) in [5.74, 6) is 2.51. The van der Waals surface area contributed by atoms with Crippen molar-refractivity contribution in [2.45, 2.75) is 61.4 Å². The van der Waals surface area contributed by atoms with Crippen LogP contribution in [0.2, 0.25) is 0 Å². The van der Waals surface area contributed by atoms with Crippen molar-refractivity contribution in [3.8, 4) is 12.3 Å². The maximum absolute atomic E-state index is 6.45. The third kappa shape index (κ3) is 6.17. The Morgan fingerprint density at radius 3 is 3.05 bits per heavy atom. The lowest BCUT2D eigenvalue weighted by atomic mass is 10.1. The molecule has 0 bridgehead atoms. The summed E-state index contributed by atoms with van der Waals surface area (Å²) in [7, 11) is 0. The Labute approximate surface area is 130 Å². The molecule has 1 rings (SSSR count). The van der Waals surface area contributed by atoms with Crippen LogP contribution in [-0.2, 0) is 4.74 Å². The molecular weight excluding hydrogens is 324 g/mol. The van der Waals surface area contributed by atoms with Gasteiger partial charge < -0.3 is 4.74 Å². The first-order valence-electron chi connectivity index (χ1n) is 6.88. The van der Waals surface area contributed by atoms with Crippen molar-refractivity contribution in [1.29, 1.82) is 0 Å². The second-order valence-corrected chi connectivity index (χ2v) is 6.48. The SMILES string of the molecule is C#C/C=C\C[C@@H]1O[C@@H]([C@@H](Br)CC)CC/C=C\C[C@@H]1Cl. The number of rotatable bonds is 4. The molecule has 0 aromatic carbocycles. The number of halogens is 2. The molecule has 0 aromatic heterocycles. The van der Waals surface area contributed by atoms with Crippen LogP contribution in [0.15, 0.2) is 24.3 Å². The normalized spacial score (nSPS) is 32.0. The molecule has 19 heavy (non-hydrogen) atoms. The van der Waals surface area contributed by atoms with Gasteiger partial charge in [-0.2, -0.15) is 0 Å². The van der Waals surface area contributed by atoms with Crippen LogP contribution in [-0.4, -0.2) is 22.4 Å². The van der Waals surface area contributed by atoms with Crippen LogP contribution in [0.3, 0.4) is 0 Å². The van der Waals surface area contributed by atoms with E-state index in [-0.39, 0.29) is 17.6 Å². The van der Waals surface area contributed by atoms with Gasteiger partial charge in [0.2, 0.25) is 0 Å². The van der Waals surface area contributed by atoms with Crippen LogP contribution < -0.4 is 0 Å². The third-order valence-corrected chi connectivity index (χ3v) is 4.97. The number of ether oxygens (including phenoxy) is 1. The van der Waals surface area contributed by atoms with E-state index in [1.54, 1.807) is 6.08 Å². The van der Waals surface area contributed by atoms with Gasteiger partial charge in [0.15, 0.2) is 0 Å². The van der Waals surface area contributed by atoms with E-state index in [1.165, 1.54) is 0 Å². The number of allylic oxidation sites excluding steroid dienone is 3. The quantitative estimate of drug-likeness (QED) is 0.402. The fraction of sp³-hybridized carbons (Fsp3) is 0.625. The number of terminal acetylenes is 1. The van der Waals surface area contributed by atoms with E-state index in [0.717, 1.165) is 32.1 Å². The first-order valence-corrected chi connectivity index (χ1v) is 8.24. The summed E-state index contributed by atoms with van der Waals surface area (Å²) in [5.41, 5.74) is 0. The Balaban J connectivity index is 2.73. The minimum Gasteiger partial charge on any atom is -0.372 e. The van der Waals surface area contributed by atoms with Gasteiger partial charge in [0, 0.05) is 4.83 Å². The Morgan fingerprint density at radius 2 is 2.37 bits per heavy atom. The summed E-state index contributed by atoms with van der Waals surface area (Å²) in [5, 5.41) is -0.00386. The molecule has 0 spiro atoms. The zero-order valence-electron chi connectivity index (χ0n) is 11.4. The van der Waals surface area contributed by atoms with Crippen LogP contribution in [0.25, 0.3) is 0 Å². The van der Waals surface area contributed by atoms with Gasteiger partial charge in [0.1, 0.15) is 0 Å². The van der Waals surface area contributed by atoms with Gasteiger partial charge in [-0.15, -0.1) is 18.0 Å². The van der Waals surface area contributed by atoms with Crippen molar-refractivity contribution in [3.05, 3.63) is 24.3 Å². The predicted molar refractivity (Wildman–Crippen MR) is 86.9 cm³/mol. The van der Waals surface area contributed by atoms with Crippen molar-refractivity contribution >= 4 is 27.5 Å². The zero-order valence-corrected chi connectivity index (χ0v) is 13.7.